The van der Waals surface area contributed by atoms with Crippen LogP contribution in [0.5, 0.6) is 0 Å². The average molecular weight is 290 g/mol. The highest BCUT2D eigenvalue weighted by atomic mass is 16.5. The second-order valence-corrected chi connectivity index (χ2v) is 5.72. The standard InChI is InChI=1S/C15H18N2O4/c1-15(2)7-11(18)17(14(15)20)8-9-5-4-6-10(16)12(9)13(19)21-3/h4-6H,7-8,16H2,1-3H3. The van der Waals surface area contributed by atoms with Gasteiger partial charge in [-0.05, 0) is 11.6 Å². The highest BCUT2D eigenvalue weighted by molar-refractivity contribution is 6.05. The van der Waals surface area contributed by atoms with Gasteiger partial charge in [0.15, 0.2) is 0 Å². The number of amides is 2. The molecule has 0 saturated carbocycles. The van der Waals surface area contributed by atoms with E-state index in [0.717, 1.165) is 0 Å². The molecule has 2 amide bonds. The summed E-state index contributed by atoms with van der Waals surface area (Å²) in [5.74, 6) is -1.07. The molecule has 1 aliphatic rings. The van der Waals surface area contributed by atoms with E-state index < -0.39 is 11.4 Å². The van der Waals surface area contributed by atoms with Crippen molar-refractivity contribution in [2.45, 2.75) is 26.8 Å². The number of carbonyl (C=O) groups excluding carboxylic acids is 3. The van der Waals surface area contributed by atoms with E-state index in [1.54, 1.807) is 32.0 Å². The van der Waals surface area contributed by atoms with E-state index in [-0.39, 0.29) is 36.0 Å². The van der Waals surface area contributed by atoms with Crippen molar-refractivity contribution < 1.29 is 19.1 Å². The molecule has 1 heterocycles. The first-order chi connectivity index (χ1) is 9.77. The van der Waals surface area contributed by atoms with Gasteiger partial charge in [0, 0.05) is 12.1 Å². The lowest BCUT2D eigenvalue weighted by Gasteiger charge is -2.19. The number of rotatable bonds is 3. The lowest BCUT2D eigenvalue weighted by molar-refractivity contribution is -0.141. The van der Waals surface area contributed by atoms with E-state index in [1.165, 1.54) is 12.0 Å². The van der Waals surface area contributed by atoms with E-state index in [1.807, 2.05) is 0 Å². The summed E-state index contributed by atoms with van der Waals surface area (Å²) < 4.78 is 4.71. The SMILES string of the molecule is COC(=O)c1c(N)cccc1CN1C(=O)CC(C)(C)C1=O. The molecule has 1 fully saturated rings. The van der Waals surface area contributed by atoms with Crippen LogP contribution in [0.25, 0.3) is 0 Å². The van der Waals surface area contributed by atoms with Crippen LogP contribution in [0.2, 0.25) is 0 Å². The maximum atomic E-state index is 12.2. The zero-order valence-corrected chi connectivity index (χ0v) is 12.3. The van der Waals surface area contributed by atoms with Crippen LogP contribution in [0.3, 0.4) is 0 Å². The van der Waals surface area contributed by atoms with Crippen LogP contribution in [-0.4, -0.2) is 29.8 Å². The van der Waals surface area contributed by atoms with Gasteiger partial charge in [0.1, 0.15) is 0 Å². The zero-order valence-electron chi connectivity index (χ0n) is 12.3. The van der Waals surface area contributed by atoms with Crippen molar-refractivity contribution in [3.63, 3.8) is 0 Å². The molecule has 1 aromatic rings. The van der Waals surface area contributed by atoms with Crippen molar-refractivity contribution in [2.24, 2.45) is 5.41 Å². The molecule has 0 bridgehead atoms. The molecule has 0 aromatic heterocycles. The number of esters is 1. The largest absolute Gasteiger partial charge is 0.465 e. The van der Waals surface area contributed by atoms with Gasteiger partial charge in [-0.3, -0.25) is 14.5 Å². The Labute approximate surface area is 122 Å². The van der Waals surface area contributed by atoms with Crippen LogP contribution in [-0.2, 0) is 20.9 Å². The van der Waals surface area contributed by atoms with Gasteiger partial charge in [-0.2, -0.15) is 0 Å². The Kier molecular flexibility index (Phi) is 3.72. The van der Waals surface area contributed by atoms with Gasteiger partial charge in [0.2, 0.25) is 11.8 Å². The lowest BCUT2D eigenvalue weighted by atomic mass is 9.92. The predicted molar refractivity (Wildman–Crippen MR) is 76.1 cm³/mol. The normalized spacial score (nSPS) is 17.2. The molecule has 0 spiro atoms. The number of likely N-dealkylation sites (tertiary alicyclic amines) is 1. The number of anilines is 1. The molecule has 6 nitrogen and oxygen atoms in total. The molecule has 0 aliphatic carbocycles. The maximum absolute atomic E-state index is 12.2. The molecule has 2 rings (SSSR count). The number of carbonyl (C=O) groups is 3. The van der Waals surface area contributed by atoms with Crippen molar-refractivity contribution >= 4 is 23.5 Å². The predicted octanol–water partition coefficient (Wildman–Crippen LogP) is 1.34. The minimum atomic E-state index is -0.706. The van der Waals surface area contributed by atoms with Crippen LogP contribution in [0.1, 0.15) is 36.2 Å². The number of benzene rings is 1. The Bertz CT molecular complexity index is 622. The Balaban J connectivity index is 2.37. The van der Waals surface area contributed by atoms with E-state index in [9.17, 15) is 14.4 Å². The van der Waals surface area contributed by atoms with Gasteiger partial charge in [-0.1, -0.05) is 26.0 Å². The summed E-state index contributed by atoms with van der Waals surface area (Å²) >= 11 is 0. The van der Waals surface area contributed by atoms with Gasteiger partial charge >= 0.3 is 5.97 Å². The number of nitrogen functional groups attached to an aromatic ring is 1. The average Bonchev–Trinajstić information content (AvgIpc) is 2.60. The van der Waals surface area contributed by atoms with Crippen molar-refractivity contribution in [3.8, 4) is 0 Å². The third-order valence-electron chi connectivity index (χ3n) is 3.62. The molecule has 0 radical (unpaired) electrons. The number of hydrogen-bond donors (Lipinski definition) is 1. The van der Waals surface area contributed by atoms with Gasteiger partial charge in [0.25, 0.3) is 0 Å². The van der Waals surface area contributed by atoms with Crippen LogP contribution >= 0.6 is 0 Å². The van der Waals surface area contributed by atoms with Crippen LogP contribution in [0.15, 0.2) is 18.2 Å². The first kappa shape index (κ1) is 15.0. The molecule has 112 valence electrons. The Morgan fingerprint density at radius 1 is 1.38 bits per heavy atom. The van der Waals surface area contributed by atoms with Gasteiger partial charge in [0.05, 0.1) is 24.6 Å². The molecule has 0 atom stereocenters. The summed E-state index contributed by atoms with van der Waals surface area (Å²) in [5, 5.41) is 0. The summed E-state index contributed by atoms with van der Waals surface area (Å²) in [6.07, 6.45) is 0.168. The van der Waals surface area contributed by atoms with E-state index in [2.05, 4.69) is 0 Å². The molecule has 6 heteroatoms. The third kappa shape index (κ3) is 2.61. The fourth-order valence-electron chi connectivity index (χ4n) is 2.46. The summed E-state index contributed by atoms with van der Waals surface area (Å²) in [6, 6.07) is 4.91. The summed E-state index contributed by atoms with van der Waals surface area (Å²) in [6.45, 7) is 3.48. The fourth-order valence-corrected chi connectivity index (χ4v) is 2.46. The number of methoxy groups -OCH3 is 1. The van der Waals surface area contributed by atoms with Crippen molar-refractivity contribution in [1.29, 1.82) is 0 Å². The van der Waals surface area contributed by atoms with Gasteiger partial charge in [-0.25, -0.2) is 4.79 Å². The number of ether oxygens (including phenoxy) is 1. The van der Waals surface area contributed by atoms with Gasteiger partial charge < -0.3 is 10.5 Å². The first-order valence-electron chi connectivity index (χ1n) is 6.58. The highest BCUT2D eigenvalue weighted by Crippen LogP contribution is 2.33. The Morgan fingerprint density at radius 3 is 2.57 bits per heavy atom. The lowest BCUT2D eigenvalue weighted by Crippen LogP contribution is -2.33. The third-order valence-corrected chi connectivity index (χ3v) is 3.62. The number of nitrogens with zero attached hydrogens (tertiary/aromatic N) is 1. The number of imide groups is 1. The molecule has 2 N–H and O–H groups in total. The Hall–Kier alpha value is -2.37. The second-order valence-electron chi connectivity index (χ2n) is 5.72. The van der Waals surface area contributed by atoms with E-state index in [0.29, 0.717) is 5.56 Å². The highest BCUT2D eigenvalue weighted by Gasteiger charge is 2.44. The summed E-state index contributed by atoms with van der Waals surface area (Å²) in [4.78, 5) is 37.2. The maximum Gasteiger partial charge on any atom is 0.340 e. The molecule has 1 aromatic carbocycles. The minimum absolute atomic E-state index is 0.0244. The van der Waals surface area contributed by atoms with Gasteiger partial charge in [-0.15, -0.1) is 0 Å². The van der Waals surface area contributed by atoms with E-state index >= 15 is 0 Å². The molecule has 0 unspecified atom stereocenters. The fraction of sp³-hybridized carbons (Fsp3) is 0.400. The van der Waals surface area contributed by atoms with E-state index in [4.69, 9.17) is 10.5 Å². The number of hydrogen-bond acceptors (Lipinski definition) is 5. The van der Waals surface area contributed by atoms with Crippen LogP contribution in [0, 0.1) is 5.41 Å². The monoisotopic (exact) mass is 290 g/mol. The van der Waals surface area contributed by atoms with Crippen LogP contribution in [0.4, 0.5) is 5.69 Å². The zero-order chi connectivity index (χ0) is 15.8. The first-order valence-corrected chi connectivity index (χ1v) is 6.58. The quantitative estimate of drug-likeness (QED) is 0.515. The van der Waals surface area contributed by atoms with Crippen molar-refractivity contribution in [1.82, 2.24) is 4.90 Å². The molecule has 21 heavy (non-hydrogen) atoms. The molecular formula is C15H18N2O4. The molecule has 1 saturated heterocycles. The molecular weight excluding hydrogens is 272 g/mol. The summed E-state index contributed by atoms with van der Waals surface area (Å²) in [7, 11) is 1.26. The minimum Gasteiger partial charge on any atom is -0.465 e. The smallest absolute Gasteiger partial charge is 0.340 e. The number of nitrogens with two attached hydrogens (primary N) is 1. The Morgan fingerprint density at radius 2 is 2.05 bits per heavy atom. The summed E-state index contributed by atoms with van der Waals surface area (Å²) in [5.41, 5.74) is 6.06. The molecule has 1 aliphatic heterocycles. The van der Waals surface area contributed by atoms with Crippen molar-refractivity contribution in [2.75, 3.05) is 12.8 Å². The second kappa shape index (κ2) is 5.20. The van der Waals surface area contributed by atoms with Crippen LogP contribution < -0.4 is 5.73 Å². The van der Waals surface area contributed by atoms with Crippen molar-refractivity contribution in [3.05, 3.63) is 29.3 Å². The topological polar surface area (TPSA) is 89.7 Å².